The number of nitrogens with zero attached hydrogens (tertiary/aromatic N) is 4. The standard InChI is InChI=1S/C16H20N6O2.C2HF3O2/c23-15-2-5-21(16(24)19-15)14-10-18-22-6-1-12(9-13(14)22)11-20-7-3-17-4-8-20;3-2(4,5)1(6)7/h1,6,9-10,17H,2-5,7-8,11H2,(H,19,23,24);(H,6,7). The molecule has 0 atom stereocenters. The van der Waals surface area contributed by atoms with E-state index in [9.17, 15) is 22.8 Å². The molecular weight excluding hydrogens is 421 g/mol. The summed E-state index contributed by atoms with van der Waals surface area (Å²) in [6.07, 6.45) is -1.17. The molecular formula is C18H21F3N6O4. The number of carbonyl (C=O) groups is 3. The third-order valence-corrected chi connectivity index (χ3v) is 4.77. The third-order valence-electron chi connectivity index (χ3n) is 4.77. The fourth-order valence-electron chi connectivity index (χ4n) is 3.24. The Labute approximate surface area is 174 Å². The van der Waals surface area contributed by atoms with Crippen molar-refractivity contribution < 1.29 is 32.7 Å². The molecule has 0 aliphatic carbocycles. The highest BCUT2D eigenvalue weighted by atomic mass is 19.4. The van der Waals surface area contributed by atoms with Gasteiger partial charge in [0.2, 0.25) is 5.91 Å². The summed E-state index contributed by atoms with van der Waals surface area (Å²) in [7, 11) is 0. The monoisotopic (exact) mass is 442 g/mol. The second-order valence-corrected chi connectivity index (χ2v) is 6.98. The number of hydrogen-bond acceptors (Lipinski definition) is 6. The van der Waals surface area contributed by atoms with Crippen LogP contribution >= 0.6 is 0 Å². The molecule has 31 heavy (non-hydrogen) atoms. The minimum Gasteiger partial charge on any atom is -0.475 e. The van der Waals surface area contributed by atoms with Crippen LogP contribution in [0.4, 0.5) is 23.7 Å². The van der Waals surface area contributed by atoms with E-state index >= 15 is 0 Å². The molecule has 0 aromatic carbocycles. The van der Waals surface area contributed by atoms with E-state index < -0.39 is 12.1 Å². The number of urea groups is 1. The first-order valence-corrected chi connectivity index (χ1v) is 9.46. The van der Waals surface area contributed by atoms with Gasteiger partial charge in [0.1, 0.15) is 0 Å². The van der Waals surface area contributed by atoms with Gasteiger partial charge in [0, 0.05) is 51.9 Å². The Morgan fingerprint density at radius 3 is 2.48 bits per heavy atom. The van der Waals surface area contributed by atoms with E-state index in [1.54, 1.807) is 15.6 Å². The van der Waals surface area contributed by atoms with Gasteiger partial charge in [-0.1, -0.05) is 0 Å². The quantitative estimate of drug-likeness (QED) is 0.644. The molecule has 4 heterocycles. The fourth-order valence-corrected chi connectivity index (χ4v) is 3.24. The van der Waals surface area contributed by atoms with Gasteiger partial charge in [0.05, 0.1) is 17.4 Å². The van der Waals surface area contributed by atoms with E-state index in [1.165, 1.54) is 5.56 Å². The van der Waals surface area contributed by atoms with E-state index in [-0.39, 0.29) is 11.9 Å². The largest absolute Gasteiger partial charge is 0.490 e. The van der Waals surface area contributed by atoms with Crippen LogP contribution in [-0.4, -0.2) is 76.4 Å². The summed E-state index contributed by atoms with van der Waals surface area (Å²) in [6.45, 7) is 5.37. The maximum absolute atomic E-state index is 12.1. The maximum Gasteiger partial charge on any atom is 0.490 e. The number of amides is 3. The Bertz CT molecular complexity index is 971. The number of nitrogens with one attached hydrogen (secondary N) is 2. The summed E-state index contributed by atoms with van der Waals surface area (Å²) < 4.78 is 33.5. The van der Waals surface area contributed by atoms with Gasteiger partial charge in [0.15, 0.2) is 0 Å². The molecule has 3 N–H and O–H groups in total. The first kappa shape index (κ1) is 22.5. The van der Waals surface area contributed by atoms with Crippen LogP contribution in [0.2, 0.25) is 0 Å². The minimum atomic E-state index is -5.08. The maximum atomic E-state index is 12.1. The molecule has 2 aromatic heterocycles. The highest BCUT2D eigenvalue weighted by Crippen LogP contribution is 2.24. The van der Waals surface area contributed by atoms with Gasteiger partial charge in [-0.15, -0.1) is 0 Å². The number of pyridine rings is 1. The van der Waals surface area contributed by atoms with Crippen LogP contribution in [0.5, 0.6) is 0 Å². The summed E-state index contributed by atoms with van der Waals surface area (Å²) in [5.41, 5.74) is 2.81. The summed E-state index contributed by atoms with van der Waals surface area (Å²) in [4.78, 5) is 36.3. The number of halogens is 3. The number of carboxylic acids is 1. The average molecular weight is 442 g/mol. The zero-order valence-electron chi connectivity index (χ0n) is 16.4. The number of carbonyl (C=O) groups excluding carboxylic acids is 2. The molecule has 0 unspecified atom stereocenters. The fraction of sp³-hybridized carbons (Fsp3) is 0.444. The molecule has 2 aliphatic rings. The van der Waals surface area contributed by atoms with Gasteiger partial charge >= 0.3 is 18.2 Å². The molecule has 2 aliphatic heterocycles. The molecule has 168 valence electrons. The van der Waals surface area contributed by atoms with Crippen molar-refractivity contribution in [2.24, 2.45) is 0 Å². The number of fused-ring (bicyclic) bond motifs is 1. The molecule has 13 heteroatoms. The molecule has 2 aromatic rings. The molecule has 0 radical (unpaired) electrons. The molecule has 4 rings (SSSR count). The predicted octanol–water partition coefficient (Wildman–Crippen LogP) is 0.819. The van der Waals surface area contributed by atoms with Gasteiger partial charge < -0.3 is 10.4 Å². The predicted molar refractivity (Wildman–Crippen MR) is 103 cm³/mol. The van der Waals surface area contributed by atoms with Crippen LogP contribution in [-0.2, 0) is 16.1 Å². The molecule has 0 bridgehead atoms. The van der Waals surface area contributed by atoms with E-state index in [0.29, 0.717) is 13.0 Å². The van der Waals surface area contributed by atoms with Crippen molar-refractivity contribution in [3.63, 3.8) is 0 Å². The molecule has 3 amide bonds. The number of anilines is 1. The van der Waals surface area contributed by atoms with E-state index in [1.807, 2.05) is 6.20 Å². The number of aliphatic carboxylic acids is 1. The lowest BCUT2D eigenvalue weighted by Crippen LogP contribution is -2.49. The van der Waals surface area contributed by atoms with Crippen LogP contribution < -0.4 is 15.5 Å². The number of aromatic nitrogens is 2. The van der Waals surface area contributed by atoms with Gasteiger partial charge in [-0.25, -0.2) is 14.1 Å². The molecule has 0 saturated carbocycles. The van der Waals surface area contributed by atoms with Gasteiger partial charge in [0.25, 0.3) is 0 Å². The van der Waals surface area contributed by atoms with Crippen LogP contribution in [0.15, 0.2) is 24.5 Å². The normalized spacial score (nSPS) is 17.8. The Kier molecular flexibility index (Phi) is 6.75. The Morgan fingerprint density at radius 2 is 1.87 bits per heavy atom. The number of alkyl halides is 3. The number of rotatable bonds is 3. The van der Waals surface area contributed by atoms with Gasteiger partial charge in [-0.2, -0.15) is 18.3 Å². The minimum absolute atomic E-state index is 0.230. The highest BCUT2D eigenvalue weighted by molar-refractivity contribution is 6.07. The van der Waals surface area contributed by atoms with E-state index in [0.717, 1.165) is 43.9 Å². The van der Waals surface area contributed by atoms with Crippen molar-refractivity contribution in [3.05, 3.63) is 30.1 Å². The lowest BCUT2D eigenvalue weighted by molar-refractivity contribution is -0.192. The number of carboxylic acid groups (broad SMARTS) is 1. The van der Waals surface area contributed by atoms with Crippen molar-refractivity contribution >= 4 is 29.1 Å². The van der Waals surface area contributed by atoms with Crippen molar-refractivity contribution in [1.29, 1.82) is 0 Å². The average Bonchev–Trinajstić information content (AvgIpc) is 3.12. The zero-order chi connectivity index (χ0) is 22.6. The lowest BCUT2D eigenvalue weighted by Gasteiger charge is -2.27. The van der Waals surface area contributed by atoms with Crippen LogP contribution in [0.1, 0.15) is 12.0 Å². The van der Waals surface area contributed by atoms with Gasteiger partial charge in [-0.3, -0.25) is 19.9 Å². The first-order valence-electron chi connectivity index (χ1n) is 9.46. The molecule has 10 nitrogen and oxygen atoms in total. The number of piperazine rings is 1. The lowest BCUT2D eigenvalue weighted by atomic mass is 10.2. The van der Waals surface area contributed by atoms with E-state index in [2.05, 4.69) is 32.8 Å². The van der Waals surface area contributed by atoms with Crippen molar-refractivity contribution in [2.45, 2.75) is 19.1 Å². The van der Waals surface area contributed by atoms with Gasteiger partial charge in [-0.05, 0) is 17.7 Å². The summed E-state index contributed by atoms with van der Waals surface area (Å²) in [6, 6.07) is 3.76. The van der Waals surface area contributed by atoms with Crippen molar-refractivity contribution in [3.8, 4) is 0 Å². The van der Waals surface area contributed by atoms with Crippen LogP contribution in [0.3, 0.4) is 0 Å². The van der Waals surface area contributed by atoms with E-state index in [4.69, 9.17) is 9.90 Å². The molecule has 0 spiro atoms. The SMILES string of the molecule is O=C(O)C(F)(F)F.O=C1CCN(c2cnn3ccc(CN4CCNCC4)cc23)C(=O)N1. The number of hydrogen-bond donors (Lipinski definition) is 3. The molecule has 2 saturated heterocycles. The highest BCUT2D eigenvalue weighted by Gasteiger charge is 2.38. The third kappa shape index (κ3) is 5.70. The second-order valence-electron chi connectivity index (χ2n) is 6.98. The number of imide groups is 1. The van der Waals surface area contributed by atoms with Crippen molar-refractivity contribution in [2.75, 3.05) is 37.6 Å². The summed E-state index contributed by atoms with van der Waals surface area (Å²) in [5.74, 6) is -2.99. The zero-order valence-corrected chi connectivity index (χ0v) is 16.4. The Hall–Kier alpha value is -3.19. The topological polar surface area (TPSA) is 119 Å². The summed E-state index contributed by atoms with van der Waals surface area (Å²) >= 11 is 0. The Morgan fingerprint density at radius 1 is 1.19 bits per heavy atom. The first-order chi connectivity index (χ1) is 14.6. The van der Waals surface area contributed by atoms with Crippen LogP contribution in [0, 0.1) is 0 Å². The Balaban J connectivity index is 0.000000339. The summed E-state index contributed by atoms with van der Waals surface area (Å²) in [5, 5.41) is 17.2. The van der Waals surface area contributed by atoms with Crippen molar-refractivity contribution in [1.82, 2.24) is 25.1 Å². The smallest absolute Gasteiger partial charge is 0.475 e. The van der Waals surface area contributed by atoms with Crippen LogP contribution in [0.25, 0.3) is 5.52 Å². The second kappa shape index (κ2) is 9.31. The molecule has 2 fully saturated rings.